The molecule has 1 saturated carbocycles. The van der Waals surface area contributed by atoms with Gasteiger partial charge in [0.1, 0.15) is 11.5 Å². The molecule has 19 heavy (non-hydrogen) atoms. The van der Waals surface area contributed by atoms with Crippen LogP contribution in [0.25, 0.3) is 0 Å². The Hall–Kier alpha value is -0.830. The molecule has 0 unspecified atom stereocenters. The molecule has 0 bridgehead atoms. The molecule has 106 valence electrons. The highest BCUT2D eigenvalue weighted by Gasteiger charge is 2.39. The smallest absolute Gasteiger partial charge is 0.140 e. The standard InChI is InChI=1S/C16H26N2O/c1-12(2)10-17-11-14-13-9-16(6-3-4-7-16)8-5-15(13)19-18-14/h12,17H,3-11H2,1-2H3. The molecule has 1 spiro atoms. The predicted molar refractivity (Wildman–Crippen MR) is 76.0 cm³/mol. The summed E-state index contributed by atoms with van der Waals surface area (Å²) in [5.74, 6) is 1.85. The molecule has 0 atom stereocenters. The summed E-state index contributed by atoms with van der Waals surface area (Å²) in [6, 6.07) is 0. The van der Waals surface area contributed by atoms with Gasteiger partial charge >= 0.3 is 0 Å². The molecule has 0 amide bonds. The second-order valence-corrected chi connectivity index (χ2v) is 6.94. The Morgan fingerprint density at radius 2 is 2.05 bits per heavy atom. The molecule has 0 aromatic carbocycles. The Morgan fingerprint density at radius 3 is 2.79 bits per heavy atom. The first kappa shape index (κ1) is 13.2. The molecule has 1 heterocycles. The molecular weight excluding hydrogens is 236 g/mol. The van der Waals surface area contributed by atoms with E-state index in [9.17, 15) is 0 Å². The van der Waals surface area contributed by atoms with Crippen LogP contribution in [0.3, 0.4) is 0 Å². The van der Waals surface area contributed by atoms with E-state index in [2.05, 4.69) is 24.3 Å². The Kier molecular flexibility index (Phi) is 3.66. The number of aromatic nitrogens is 1. The van der Waals surface area contributed by atoms with Crippen molar-refractivity contribution in [3.8, 4) is 0 Å². The van der Waals surface area contributed by atoms with E-state index in [4.69, 9.17) is 4.52 Å². The normalized spacial score (nSPS) is 21.2. The van der Waals surface area contributed by atoms with Crippen LogP contribution in [-0.4, -0.2) is 11.7 Å². The van der Waals surface area contributed by atoms with Crippen molar-refractivity contribution in [1.29, 1.82) is 0 Å². The van der Waals surface area contributed by atoms with Gasteiger partial charge in [-0.15, -0.1) is 0 Å². The number of rotatable bonds is 4. The SMILES string of the molecule is CC(C)CNCc1noc2c1CC1(CCCC1)CC2. The molecule has 1 fully saturated rings. The van der Waals surface area contributed by atoms with Crippen LogP contribution in [0.5, 0.6) is 0 Å². The fourth-order valence-electron chi connectivity index (χ4n) is 3.79. The molecule has 0 saturated heterocycles. The summed E-state index contributed by atoms with van der Waals surface area (Å²) in [6.07, 6.45) is 9.29. The summed E-state index contributed by atoms with van der Waals surface area (Å²) in [6.45, 7) is 6.39. The lowest BCUT2D eigenvalue weighted by atomic mass is 9.72. The Balaban J connectivity index is 1.69. The van der Waals surface area contributed by atoms with Crippen LogP contribution in [0.15, 0.2) is 4.52 Å². The number of nitrogens with one attached hydrogen (secondary N) is 1. The molecular formula is C16H26N2O. The largest absolute Gasteiger partial charge is 0.361 e. The van der Waals surface area contributed by atoms with Crippen molar-refractivity contribution in [2.75, 3.05) is 6.54 Å². The molecule has 3 rings (SSSR count). The highest BCUT2D eigenvalue weighted by Crippen LogP contribution is 2.48. The van der Waals surface area contributed by atoms with Crippen molar-refractivity contribution < 1.29 is 4.52 Å². The third-order valence-corrected chi connectivity index (χ3v) is 4.89. The van der Waals surface area contributed by atoms with Crippen molar-refractivity contribution in [3.63, 3.8) is 0 Å². The monoisotopic (exact) mass is 262 g/mol. The second-order valence-electron chi connectivity index (χ2n) is 6.94. The Morgan fingerprint density at radius 1 is 1.26 bits per heavy atom. The minimum atomic E-state index is 0.589. The summed E-state index contributed by atoms with van der Waals surface area (Å²) in [5.41, 5.74) is 3.19. The van der Waals surface area contributed by atoms with Crippen molar-refractivity contribution in [2.45, 2.75) is 65.3 Å². The minimum Gasteiger partial charge on any atom is -0.361 e. The maximum absolute atomic E-state index is 5.56. The minimum absolute atomic E-state index is 0.589. The molecule has 2 aliphatic rings. The van der Waals surface area contributed by atoms with Crippen LogP contribution in [0.2, 0.25) is 0 Å². The zero-order valence-corrected chi connectivity index (χ0v) is 12.3. The van der Waals surface area contributed by atoms with Crippen LogP contribution in [0.1, 0.15) is 63.0 Å². The lowest BCUT2D eigenvalue weighted by molar-refractivity contribution is 0.236. The Bertz CT molecular complexity index is 430. The summed E-state index contributed by atoms with van der Waals surface area (Å²) < 4.78 is 5.56. The fourth-order valence-corrected chi connectivity index (χ4v) is 3.79. The van der Waals surface area contributed by atoms with E-state index >= 15 is 0 Å². The summed E-state index contributed by atoms with van der Waals surface area (Å²) in [4.78, 5) is 0. The zero-order valence-electron chi connectivity index (χ0n) is 12.3. The van der Waals surface area contributed by atoms with Crippen molar-refractivity contribution in [2.24, 2.45) is 11.3 Å². The maximum atomic E-state index is 5.56. The van der Waals surface area contributed by atoms with E-state index in [0.717, 1.165) is 19.5 Å². The molecule has 0 aliphatic heterocycles. The number of fused-ring (bicyclic) bond motifs is 1. The predicted octanol–water partition coefficient (Wildman–Crippen LogP) is 3.47. The average Bonchev–Trinajstić information content (AvgIpc) is 2.98. The van der Waals surface area contributed by atoms with Crippen molar-refractivity contribution in [3.05, 3.63) is 17.0 Å². The lowest BCUT2D eigenvalue weighted by Gasteiger charge is -2.32. The number of aryl methyl sites for hydroxylation is 1. The van der Waals surface area contributed by atoms with Gasteiger partial charge in [0.25, 0.3) is 0 Å². The summed E-state index contributed by atoms with van der Waals surface area (Å²) in [5, 5.41) is 7.81. The number of hydrogen-bond donors (Lipinski definition) is 1. The Labute approximate surface area is 116 Å². The van der Waals surface area contributed by atoms with Gasteiger partial charge in [-0.25, -0.2) is 0 Å². The van der Waals surface area contributed by atoms with E-state index in [0.29, 0.717) is 11.3 Å². The van der Waals surface area contributed by atoms with Crippen LogP contribution in [0.4, 0.5) is 0 Å². The quantitative estimate of drug-likeness (QED) is 0.903. The van der Waals surface area contributed by atoms with Gasteiger partial charge in [0.15, 0.2) is 0 Å². The summed E-state index contributed by atoms with van der Waals surface area (Å²) >= 11 is 0. The van der Waals surface area contributed by atoms with Gasteiger partial charge in [0.2, 0.25) is 0 Å². The highest BCUT2D eigenvalue weighted by molar-refractivity contribution is 5.28. The molecule has 0 radical (unpaired) electrons. The van der Waals surface area contributed by atoms with Gasteiger partial charge in [-0.3, -0.25) is 0 Å². The molecule has 3 heteroatoms. The van der Waals surface area contributed by atoms with E-state index in [1.54, 1.807) is 0 Å². The van der Waals surface area contributed by atoms with Crippen LogP contribution < -0.4 is 5.32 Å². The number of nitrogens with zero attached hydrogens (tertiary/aromatic N) is 1. The van der Waals surface area contributed by atoms with Crippen LogP contribution in [-0.2, 0) is 19.4 Å². The van der Waals surface area contributed by atoms with Crippen LogP contribution >= 0.6 is 0 Å². The van der Waals surface area contributed by atoms with Crippen LogP contribution in [0, 0.1) is 11.3 Å². The molecule has 1 aromatic rings. The molecule has 2 aliphatic carbocycles. The fraction of sp³-hybridized carbons (Fsp3) is 0.812. The lowest BCUT2D eigenvalue weighted by Crippen LogP contribution is -2.27. The van der Waals surface area contributed by atoms with Gasteiger partial charge in [-0.2, -0.15) is 0 Å². The topological polar surface area (TPSA) is 38.1 Å². The first-order valence-corrected chi connectivity index (χ1v) is 7.86. The van der Waals surface area contributed by atoms with Gasteiger partial charge in [-0.1, -0.05) is 31.8 Å². The third-order valence-electron chi connectivity index (χ3n) is 4.89. The first-order chi connectivity index (χ1) is 9.19. The van der Waals surface area contributed by atoms with E-state index in [-0.39, 0.29) is 0 Å². The summed E-state index contributed by atoms with van der Waals surface area (Å²) in [7, 11) is 0. The molecule has 1 N–H and O–H groups in total. The van der Waals surface area contributed by atoms with E-state index in [1.807, 2.05) is 0 Å². The van der Waals surface area contributed by atoms with E-state index < -0.39 is 0 Å². The third kappa shape index (κ3) is 2.71. The highest BCUT2D eigenvalue weighted by atomic mass is 16.5. The van der Waals surface area contributed by atoms with Gasteiger partial charge < -0.3 is 9.84 Å². The number of hydrogen-bond acceptors (Lipinski definition) is 3. The first-order valence-electron chi connectivity index (χ1n) is 7.86. The molecule has 3 nitrogen and oxygen atoms in total. The van der Waals surface area contributed by atoms with Crippen molar-refractivity contribution >= 4 is 0 Å². The average molecular weight is 262 g/mol. The molecule has 1 aromatic heterocycles. The second kappa shape index (κ2) is 5.28. The van der Waals surface area contributed by atoms with E-state index in [1.165, 1.54) is 55.5 Å². The van der Waals surface area contributed by atoms with Gasteiger partial charge in [0.05, 0.1) is 0 Å². The van der Waals surface area contributed by atoms with Gasteiger partial charge in [0, 0.05) is 18.5 Å². The van der Waals surface area contributed by atoms with Crippen molar-refractivity contribution in [1.82, 2.24) is 10.5 Å². The van der Waals surface area contributed by atoms with Gasteiger partial charge in [-0.05, 0) is 43.6 Å². The zero-order chi connectivity index (χ0) is 13.3. The maximum Gasteiger partial charge on any atom is 0.140 e.